The lowest BCUT2D eigenvalue weighted by molar-refractivity contribution is -0.132. The molecule has 4 rings (SSSR count). The highest BCUT2D eigenvalue weighted by molar-refractivity contribution is 8.01. The molecule has 1 aromatic carbocycles. The molecule has 0 atom stereocenters. The number of anilines is 3. The van der Waals surface area contributed by atoms with Crippen molar-refractivity contribution in [3.8, 4) is 0 Å². The molecule has 2 N–H and O–H groups in total. The van der Waals surface area contributed by atoms with Crippen molar-refractivity contribution in [2.75, 3.05) is 29.5 Å². The lowest BCUT2D eigenvalue weighted by Crippen LogP contribution is -2.42. The third kappa shape index (κ3) is 6.02. The van der Waals surface area contributed by atoms with Gasteiger partial charge >= 0.3 is 0 Å². The van der Waals surface area contributed by atoms with Crippen LogP contribution in [-0.4, -0.2) is 50.7 Å². The Balaban J connectivity index is 1.21. The predicted octanol–water partition coefficient (Wildman–Crippen LogP) is 4.02. The van der Waals surface area contributed by atoms with E-state index in [0.717, 1.165) is 10.0 Å². The average molecular weight is 475 g/mol. The molecule has 2 amide bonds. The number of likely N-dealkylation sites (tertiary alicyclic amines) is 1. The van der Waals surface area contributed by atoms with Crippen LogP contribution < -0.4 is 10.6 Å². The number of nitrogens with one attached hydrogen (secondary N) is 2. The number of amides is 2. The fourth-order valence-electron chi connectivity index (χ4n) is 3.26. The average Bonchev–Trinajstić information content (AvgIpc) is 3.44. The third-order valence-electron chi connectivity index (χ3n) is 4.88. The molecule has 0 bridgehead atoms. The Morgan fingerprint density at radius 2 is 2.06 bits per heavy atom. The van der Waals surface area contributed by atoms with E-state index in [9.17, 15) is 9.59 Å². The number of carbonyl (C=O) groups excluding carboxylic acids is 2. The summed E-state index contributed by atoms with van der Waals surface area (Å²) in [6.45, 7) is 3.21. The van der Waals surface area contributed by atoms with Gasteiger partial charge in [-0.1, -0.05) is 35.2 Å². The largest absolute Gasteiger partial charge is 0.342 e. The molecule has 11 heteroatoms. The Labute approximate surface area is 192 Å². The van der Waals surface area contributed by atoms with Crippen LogP contribution in [-0.2, 0) is 9.59 Å². The molecule has 0 spiro atoms. The van der Waals surface area contributed by atoms with Crippen LogP contribution in [0.3, 0.4) is 0 Å². The van der Waals surface area contributed by atoms with Crippen molar-refractivity contribution in [1.82, 2.24) is 20.1 Å². The summed E-state index contributed by atoms with van der Waals surface area (Å²) in [6.07, 6.45) is 2.99. The van der Waals surface area contributed by atoms with Gasteiger partial charge in [-0.15, -0.1) is 21.5 Å². The smallest absolute Gasteiger partial charge is 0.233 e. The van der Waals surface area contributed by atoms with Gasteiger partial charge in [0, 0.05) is 36.3 Å². The van der Waals surface area contributed by atoms with Gasteiger partial charge in [-0.3, -0.25) is 9.59 Å². The van der Waals surface area contributed by atoms with Crippen LogP contribution in [0.2, 0.25) is 0 Å². The molecule has 1 fully saturated rings. The molecule has 0 saturated carbocycles. The SMILES string of the molecule is Cc1cccc(Nc2nnc(SCC(=O)N3CCC(C(=O)Nc4nccs4)CC3)s2)c1. The van der Waals surface area contributed by atoms with Crippen LogP contribution in [0.4, 0.5) is 16.0 Å². The number of rotatable bonds is 7. The first-order valence-corrected chi connectivity index (χ1v) is 12.5. The first-order chi connectivity index (χ1) is 15.1. The molecule has 2 aromatic heterocycles. The summed E-state index contributed by atoms with van der Waals surface area (Å²) in [7, 11) is 0. The third-order valence-corrected chi connectivity index (χ3v) is 7.52. The Bertz CT molecular complexity index is 1030. The topological polar surface area (TPSA) is 100 Å². The van der Waals surface area contributed by atoms with E-state index < -0.39 is 0 Å². The predicted molar refractivity (Wildman–Crippen MR) is 125 cm³/mol. The van der Waals surface area contributed by atoms with Crippen molar-refractivity contribution < 1.29 is 9.59 Å². The molecule has 162 valence electrons. The second-order valence-corrected chi connectivity index (χ2v) is 10.2. The van der Waals surface area contributed by atoms with Crippen LogP contribution in [0.5, 0.6) is 0 Å². The number of aryl methyl sites for hydroxylation is 1. The zero-order chi connectivity index (χ0) is 21.6. The number of hydrogen-bond acceptors (Lipinski definition) is 9. The number of thioether (sulfide) groups is 1. The minimum absolute atomic E-state index is 0.0149. The Hall–Kier alpha value is -2.50. The molecular formula is C20H22N6O2S3. The molecule has 0 unspecified atom stereocenters. The Morgan fingerprint density at radius 3 is 2.81 bits per heavy atom. The van der Waals surface area contributed by atoms with E-state index in [2.05, 4.69) is 25.8 Å². The number of benzene rings is 1. The van der Waals surface area contributed by atoms with Crippen molar-refractivity contribution in [1.29, 1.82) is 0 Å². The van der Waals surface area contributed by atoms with Gasteiger partial charge in [0.15, 0.2) is 9.47 Å². The van der Waals surface area contributed by atoms with Gasteiger partial charge in [-0.25, -0.2) is 4.98 Å². The maximum atomic E-state index is 12.6. The van der Waals surface area contributed by atoms with Crippen molar-refractivity contribution in [2.24, 2.45) is 5.92 Å². The van der Waals surface area contributed by atoms with E-state index in [1.54, 1.807) is 6.20 Å². The van der Waals surface area contributed by atoms with Crippen molar-refractivity contribution in [3.63, 3.8) is 0 Å². The van der Waals surface area contributed by atoms with Gasteiger partial charge in [0.05, 0.1) is 5.75 Å². The van der Waals surface area contributed by atoms with E-state index >= 15 is 0 Å². The number of aromatic nitrogens is 3. The number of hydrogen-bond donors (Lipinski definition) is 2. The molecule has 3 heterocycles. The summed E-state index contributed by atoms with van der Waals surface area (Å²) in [6, 6.07) is 8.04. The number of thiazole rings is 1. The van der Waals surface area contributed by atoms with Crippen LogP contribution in [0.1, 0.15) is 18.4 Å². The molecule has 0 aliphatic carbocycles. The number of nitrogens with zero attached hydrogens (tertiary/aromatic N) is 4. The monoisotopic (exact) mass is 474 g/mol. The summed E-state index contributed by atoms with van der Waals surface area (Å²) in [4.78, 5) is 30.8. The van der Waals surface area contributed by atoms with Crippen molar-refractivity contribution >= 4 is 62.2 Å². The molecule has 1 saturated heterocycles. The molecule has 0 radical (unpaired) electrons. The van der Waals surface area contributed by atoms with E-state index in [1.807, 2.05) is 41.5 Å². The number of piperidine rings is 1. The highest BCUT2D eigenvalue weighted by Gasteiger charge is 2.27. The molecule has 8 nitrogen and oxygen atoms in total. The van der Waals surface area contributed by atoms with Gasteiger partial charge in [0.2, 0.25) is 16.9 Å². The number of carbonyl (C=O) groups is 2. The van der Waals surface area contributed by atoms with E-state index in [-0.39, 0.29) is 17.7 Å². The molecule has 1 aliphatic rings. The fraction of sp³-hybridized carbons (Fsp3) is 0.350. The van der Waals surface area contributed by atoms with Gasteiger partial charge < -0.3 is 15.5 Å². The zero-order valence-electron chi connectivity index (χ0n) is 16.9. The van der Waals surface area contributed by atoms with Crippen LogP contribution in [0, 0.1) is 12.8 Å². The quantitative estimate of drug-likeness (QED) is 0.499. The first kappa shape index (κ1) is 21.7. The summed E-state index contributed by atoms with van der Waals surface area (Å²) < 4.78 is 0.751. The highest BCUT2D eigenvalue weighted by atomic mass is 32.2. The summed E-state index contributed by atoms with van der Waals surface area (Å²) >= 11 is 4.23. The van der Waals surface area contributed by atoms with E-state index in [0.29, 0.717) is 41.9 Å². The van der Waals surface area contributed by atoms with E-state index in [1.165, 1.54) is 40.0 Å². The fourth-order valence-corrected chi connectivity index (χ4v) is 5.47. The molecule has 31 heavy (non-hydrogen) atoms. The van der Waals surface area contributed by atoms with Gasteiger partial charge in [-0.05, 0) is 37.5 Å². The maximum Gasteiger partial charge on any atom is 0.233 e. The van der Waals surface area contributed by atoms with Crippen LogP contribution in [0.15, 0.2) is 40.2 Å². The van der Waals surface area contributed by atoms with Gasteiger partial charge in [-0.2, -0.15) is 0 Å². The summed E-state index contributed by atoms with van der Waals surface area (Å²) in [5, 5.41) is 17.6. The molecule has 3 aromatic rings. The first-order valence-electron chi connectivity index (χ1n) is 9.85. The van der Waals surface area contributed by atoms with Gasteiger partial charge in [0.1, 0.15) is 0 Å². The highest BCUT2D eigenvalue weighted by Crippen LogP contribution is 2.28. The Kier molecular flexibility index (Phi) is 7.15. The summed E-state index contributed by atoms with van der Waals surface area (Å²) in [5.41, 5.74) is 2.13. The standard InChI is InChI=1S/C20H22N6O2S3/c1-13-3-2-4-15(11-13)22-19-24-25-20(31-19)30-12-16(27)26-8-5-14(6-9-26)17(28)23-18-21-7-10-29-18/h2-4,7,10-11,14H,5-6,8-9,12H2,1H3,(H,22,24)(H,21,23,28). The zero-order valence-corrected chi connectivity index (χ0v) is 19.4. The van der Waals surface area contributed by atoms with Crippen LogP contribution in [0.25, 0.3) is 0 Å². The second-order valence-electron chi connectivity index (χ2n) is 7.14. The molecule has 1 aliphatic heterocycles. The second kappa shape index (κ2) is 10.2. The summed E-state index contributed by atoms with van der Waals surface area (Å²) in [5.74, 6) is 0.278. The van der Waals surface area contributed by atoms with Gasteiger partial charge in [0.25, 0.3) is 0 Å². The lowest BCUT2D eigenvalue weighted by atomic mass is 9.96. The maximum absolute atomic E-state index is 12.6. The van der Waals surface area contributed by atoms with Crippen LogP contribution >= 0.6 is 34.4 Å². The normalized spacial score (nSPS) is 14.4. The minimum atomic E-state index is -0.0842. The van der Waals surface area contributed by atoms with Crippen molar-refractivity contribution in [2.45, 2.75) is 24.1 Å². The lowest BCUT2D eigenvalue weighted by Gasteiger charge is -2.31. The molecular weight excluding hydrogens is 452 g/mol. The van der Waals surface area contributed by atoms with E-state index in [4.69, 9.17) is 0 Å². The Morgan fingerprint density at radius 1 is 1.23 bits per heavy atom. The van der Waals surface area contributed by atoms with Crippen molar-refractivity contribution in [3.05, 3.63) is 41.4 Å². The minimum Gasteiger partial charge on any atom is -0.342 e.